The largest absolute Gasteiger partial charge is 0.394 e. The monoisotopic (exact) mass is 1150 g/mol. The lowest BCUT2D eigenvalue weighted by Crippen LogP contribution is -2.66. The quantitative estimate of drug-likeness (QED) is 0.0227. The summed E-state index contributed by atoms with van der Waals surface area (Å²) in [7, 11) is 0. The smallest absolute Gasteiger partial charge is 0.220 e. The molecule has 0 aromatic heterocycles. The molecule has 3 heterocycles. The van der Waals surface area contributed by atoms with Crippen LogP contribution in [0.2, 0.25) is 0 Å². The molecule has 19 nitrogen and oxygen atoms in total. The average Bonchev–Trinajstić information content (AvgIpc) is 3.47. The fourth-order valence-corrected chi connectivity index (χ4v) is 11.1. The standard InChI is InChI=1S/C61H115NO18/c1-3-5-7-9-11-13-15-16-17-18-19-20-21-22-23-24-25-26-27-28-29-30-32-34-36-38-45(66)44(62-49(67)39-37-35-33-31-14-12-10-8-6-4-2)43-75-59-55(73)52(70)57(47(41-64)77-59)80-61-56(74)53(71)58(48(42-65)78-61)79-60-54(72)51(69)50(68)46(40-63)76-60/h8,10,44-48,50-61,63-66,68-74H,3-7,9,11-43H2,1-2H3,(H,62,67)/b10-8-. The summed E-state index contributed by atoms with van der Waals surface area (Å²) < 4.78 is 34.3. The molecule has 3 saturated heterocycles. The number of nitrogens with one attached hydrogen (secondary N) is 1. The molecule has 0 radical (unpaired) electrons. The number of hydrogen-bond donors (Lipinski definition) is 12. The van der Waals surface area contributed by atoms with Gasteiger partial charge in [0.05, 0.1) is 38.6 Å². The minimum absolute atomic E-state index is 0.253. The number of aliphatic hydroxyl groups excluding tert-OH is 11. The van der Waals surface area contributed by atoms with E-state index in [1.54, 1.807) is 0 Å². The number of carbonyl (C=O) groups is 1. The van der Waals surface area contributed by atoms with Gasteiger partial charge in [-0.2, -0.15) is 0 Å². The maximum Gasteiger partial charge on any atom is 0.220 e. The molecule has 0 aliphatic carbocycles. The van der Waals surface area contributed by atoms with E-state index in [1.807, 2.05) is 0 Å². The van der Waals surface area contributed by atoms with Crippen LogP contribution in [0.4, 0.5) is 0 Å². The second kappa shape index (κ2) is 44.9. The van der Waals surface area contributed by atoms with Crippen LogP contribution in [0, 0.1) is 0 Å². The van der Waals surface area contributed by atoms with Crippen LogP contribution in [-0.2, 0) is 33.2 Å². The lowest BCUT2D eigenvalue weighted by atomic mass is 9.96. The molecule has 3 aliphatic rings. The molecular weight excluding hydrogens is 1030 g/mol. The van der Waals surface area contributed by atoms with E-state index in [9.17, 15) is 61.0 Å². The zero-order chi connectivity index (χ0) is 58.3. The molecule has 0 aromatic carbocycles. The minimum Gasteiger partial charge on any atom is -0.394 e. The number of rotatable bonds is 48. The summed E-state index contributed by atoms with van der Waals surface area (Å²) >= 11 is 0. The van der Waals surface area contributed by atoms with E-state index >= 15 is 0 Å². The minimum atomic E-state index is -1.97. The molecule has 472 valence electrons. The van der Waals surface area contributed by atoms with E-state index in [-0.39, 0.29) is 18.9 Å². The Bertz CT molecular complexity index is 1510. The molecule has 0 spiro atoms. The van der Waals surface area contributed by atoms with Gasteiger partial charge < -0.3 is 89.9 Å². The SMILES string of the molecule is CCC/C=C\CCCCCCCC(=O)NC(COC1OC(CO)C(OC2OC(CO)C(OC3OC(CO)C(O)C(O)C3O)C(O)C2O)C(O)C1O)C(O)CCCCCCCCCCCCCCCCCCCCCCCCCCC. The zero-order valence-electron chi connectivity index (χ0n) is 49.3. The summed E-state index contributed by atoms with van der Waals surface area (Å²) in [5.74, 6) is -0.253. The second-order valence-electron chi connectivity index (χ2n) is 23.2. The second-order valence-corrected chi connectivity index (χ2v) is 23.2. The van der Waals surface area contributed by atoms with Crippen LogP contribution in [0.3, 0.4) is 0 Å². The van der Waals surface area contributed by atoms with Gasteiger partial charge in [0, 0.05) is 6.42 Å². The Morgan fingerprint density at radius 3 is 1.26 bits per heavy atom. The van der Waals surface area contributed by atoms with Gasteiger partial charge >= 0.3 is 0 Å². The summed E-state index contributed by atoms with van der Waals surface area (Å²) in [4.78, 5) is 13.3. The van der Waals surface area contributed by atoms with Crippen LogP contribution in [0.25, 0.3) is 0 Å². The lowest BCUT2D eigenvalue weighted by Gasteiger charge is -2.48. The normalized spacial score (nSPS) is 30.0. The first-order valence-electron chi connectivity index (χ1n) is 31.9. The van der Waals surface area contributed by atoms with E-state index in [0.29, 0.717) is 12.8 Å². The van der Waals surface area contributed by atoms with Gasteiger partial charge in [-0.15, -0.1) is 0 Å². The van der Waals surface area contributed by atoms with E-state index in [2.05, 4.69) is 31.3 Å². The molecule has 3 aliphatic heterocycles. The summed E-state index contributed by atoms with van der Waals surface area (Å²) in [5, 5.41) is 120. The van der Waals surface area contributed by atoms with Gasteiger partial charge in [0.1, 0.15) is 73.2 Å². The van der Waals surface area contributed by atoms with Crippen molar-refractivity contribution in [2.75, 3.05) is 26.4 Å². The van der Waals surface area contributed by atoms with Crippen molar-refractivity contribution in [3.63, 3.8) is 0 Å². The molecule has 17 unspecified atom stereocenters. The van der Waals surface area contributed by atoms with Crippen molar-refractivity contribution in [1.29, 1.82) is 0 Å². The number of aliphatic hydroxyl groups is 11. The first-order valence-corrected chi connectivity index (χ1v) is 31.9. The van der Waals surface area contributed by atoms with Crippen molar-refractivity contribution in [2.45, 2.75) is 343 Å². The molecule has 17 atom stereocenters. The highest BCUT2D eigenvalue weighted by atomic mass is 16.8. The van der Waals surface area contributed by atoms with E-state index < -0.39 is 124 Å². The molecular formula is C61H115NO18. The predicted octanol–water partition coefficient (Wildman–Crippen LogP) is 6.55. The third kappa shape index (κ3) is 28.2. The summed E-state index contributed by atoms with van der Waals surface area (Å²) in [6.07, 6.45) is 18.9. The average molecular weight is 1150 g/mol. The Balaban J connectivity index is 1.42. The molecule has 80 heavy (non-hydrogen) atoms. The zero-order valence-corrected chi connectivity index (χ0v) is 49.3. The summed E-state index contributed by atoms with van der Waals surface area (Å²) in [6.45, 7) is 1.73. The molecule has 0 saturated carbocycles. The fraction of sp³-hybridized carbons (Fsp3) is 0.951. The highest BCUT2D eigenvalue weighted by Gasteiger charge is 2.53. The van der Waals surface area contributed by atoms with E-state index in [0.717, 1.165) is 70.6 Å². The third-order valence-corrected chi connectivity index (χ3v) is 16.3. The van der Waals surface area contributed by atoms with Crippen LogP contribution in [0.5, 0.6) is 0 Å². The Morgan fingerprint density at radius 1 is 0.438 bits per heavy atom. The molecule has 3 fully saturated rings. The predicted molar refractivity (Wildman–Crippen MR) is 305 cm³/mol. The van der Waals surface area contributed by atoms with Crippen LogP contribution in [0.1, 0.15) is 239 Å². The number of hydrogen-bond acceptors (Lipinski definition) is 18. The molecule has 19 heteroatoms. The van der Waals surface area contributed by atoms with Gasteiger partial charge in [0.2, 0.25) is 5.91 Å². The number of ether oxygens (including phenoxy) is 6. The highest BCUT2D eigenvalue weighted by molar-refractivity contribution is 5.76. The number of amides is 1. The van der Waals surface area contributed by atoms with Crippen molar-refractivity contribution >= 4 is 5.91 Å². The molecule has 12 N–H and O–H groups in total. The van der Waals surface area contributed by atoms with Crippen LogP contribution in [-0.4, -0.2) is 193 Å². The molecule has 3 rings (SSSR count). The van der Waals surface area contributed by atoms with E-state index in [4.69, 9.17) is 28.4 Å². The first kappa shape index (κ1) is 72.8. The van der Waals surface area contributed by atoms with Gasteiger partial charge in [-0.3, -0.25) is 4.79 Å². The van der Waals surface area contributed by atoms with Crippen LogP contribution >= 0.6 is 0 Å². The first-order chi connectivity index (χ1) is 38.8. The van der Waals surface area contributed by atoms with Crippen molar-refractivity contribution in [3.05, 3.63) is 12.2 Å². The van der Waals surface area contributed by atoms with Crippen LogP contribution in [0.15, 0.2) is 12.2 Å². The number of unbranched alkanes of at least 4 members (excludes halogenated alkanes) is 30. The van der Waals surface area contributed by atoms with Crippen molar-refractivity contribution < 1.29 is 89.4 Å². The van der Waals surface area contributed by atoms with Crippen LogP contribution < -0.4 is 5.32 Å². The molecule has 0 bridgehead atoms. The summed E-state index contributed by atoms with van der Waals surface area (Å²) in [5.41, 5.74) is 0. The third-order valence-electron chi connectivity index (χ3n) is 16.3. The van der Waals surface area contributed by atoms with Gasteiger partial charge in [0.15, 0.2) is 18.9 Å². The lowest BCUT2D eigenvalue weighted by molar-refractivity contribution is -0.379. The Labute approximate surface area is 480 Å². The Morgan fingerprint density at radius 2 is 0.812 bits per heavy atom. The topological polar surface area (TPSA) is 307 Å². The Kier molecular flexibility index (Phi) is 40.9. The number of carbonyl (C=O) groups excluding carboxylic acids is 1. The Hall–Kier alpha value is -1.47. The van der Waals surface area contributed by atoms with Gasteiger partial charge in [-0.25, -0.2) is 0 Å². The van der Waals surface area contributed by atoms with Crippen molar-refractivity contribution in [2.24, 2.45) is 0 Å². The molecule has 1 amide bonds. The highest BCUT2D eigenvalue weighted by Crippen LogP contribution is 2.33. The maximum atomic E-state index is 13.3. The van der Waals surface area contributed by atoms with E-state index in [1.165, 1.54) is 135 Å². The summed E-state index contributed by atoms with van der Waals surface area (Å²) in [6, 6.07) is -0.887. The van der Waals surface area contributed by atoms with Crippen molar-refractivity contribution in [3.8, 4) is 0 Å². The van der Waals surface area contributed by atoms with Gasteiger partial charge in [-0.1, -0.05) is 212 Å². The maximum absolute atomic E-state index is 13.3. The van der Waals surface area contributed by atoms with Gasteiger partial charge in [0.25, 0.3) is 0 Å². The van der Waals surface area contributed by atoms with Gasteiger partial charge in [-0.05, 0) is 32.1 Å². The van der Waals surface area contributed by atoms with Crippen molar-refractivity contribution in [1.82, 2.24) is 5.32 Å². The number of allylic oxidation sites excluding steroid dienone is 2. The molecule has 0 aromatic rings. The fourth-order valence-electron chi connectivity index (χ4n) is 11.1.